The zero-order valence-electron chi connectivity index (χ0n) is 9.78. The molecule has 0 aliphatic heterocycles. The molecule has 0 aromatic rings. The second-order valence-electron chi connectivity index (χ2n) is 4.82. The SMILES string of the molecule is CC(COC1CC1)OCC(C)OC1CC1. The van der Waals surface area contributed by atoms with E-state index in [0.717, 1.165) is 6.61 Å². The van der Waals surface area contributed by atoms with Crippen LogP contribution in [0.1, 0.15) is 39.5 Å². The molecule has 0 N–H and O–H groups in total. The molecule has 88 valence electrons. The molecular weight excluding hydrogens is 192 g/mol. The summed E-state index contributed by atoms with van der Waals surface area (Å²) in [6, 6.07) is 0. The first-order valence-corrected chi connectivity index (χ1v) is 6.12. The minimum atomic E-state index is 0.191. The molecule has 2 unspecified atom stereocenters. The van der Waals surface area contributed by atoms with E-state index >= 15 is 0 Å². The van der Waals surface area contributed by atoms with Crippen LogP contribution in [0.2, 0.25) is 0 Å². The highest BCUT2D eigenvalue weighted by Crippen LogP contribution is 2.25. The fourth-order valence-corrected chi connectivity index (χ4v) is 1.43. The second kappa shape index (κ2) is 5.28. The van der Waals surface area contributed by atoms with Crippen molar-refractivity contribution >= 4 is 0 Å². The van der Waals surface area contributed by atoms with Gasteiger partial charge >= 0.3 is 0 Å². The highest BCUT2D eigenvalue weighted by atomic mass is 16.6. The lowest BCUT2D eigenvalue weighted by atomic mass is 10.4. The molecule has 2 aliphatic carbocycles. The molecule has 0 heterocycles. The van der Waals surface area contributed by atoms with E-state index in [1.165, 1.54) is 25.7 Å². The Balaban J connectivity index is 1.46. The van der Waals surface area contributed by atoms with Crippen molar-refractivity contribution in [1.29, 1.82) is 0 Å². The third-order valence-electron chi connectivity index (χ3n) is 2.66. The molecule has 15 heavy (non-hydrogen) atoms. The lowest BCUT2D eigenvalue weighted by molar-refractivity contribution is -0.0633. The van der Waals surface area contributed by atoms with Crippen LogP contribution in [0.3, 0.4) is 0 Å². The topological polar surface area (TPSA) is 27.7 Å². The fraction of sp³-hybridized carbons (Fsp3) is 1.00. The van der Waals surface area contributed by atoms with Crippen LogP contribution in [0.4, 0.5) is 0 Å². The molecule has 0 bridgehead atoms. The van der Waals surface area contributed by atoms with Gasteiger partial charge in [-0.2, -0.15) is 0 Å². The van der Waals surface area contributed by atoms with Crippen LogP contribution in [0.25, 0.3) is 0 Å². The van der Waals surface area contributed by atoms with E-state index in [2.05, 4.69) is 13.8 Å². The van der Waals surface area contributed by atoms with Crippen molar-refractivity contribution < 1.29 is 14.2 Å². The third kappa shape index (κ3) is 4.96. The second-order valence-corrected chi connectivity index (χ2v) is 4.82. The molecule has 0 aromatic carbocycles. The van der Waals surface area contributed by atoms with E-state index in [1.807, 2.05) is 0 Å². The Hall–Kier alpha value is -0.120. The molecule has 2 saturated carbocycles. The highest BCUT2D eigenvalue weighted by Gasteiger charge is 2.25. The molecule has 0 radical (unpaired) electrons. The molecule has 0 spiro atoms. The van der Waals surface area contributed by atoms with E-state index in [9.17, 15) is 0 Å². The normalized spacial score (nSPS) is 25.2. The monoisotopic (exact) mass is 214 g/mol. The van der Waals surface area contributed by atoms with Crippen LogP contribution in [0.15, 0.2) is 0 Å². The average molecular weight is 214 g/mol. The molecule has 2 fully saturated rings. The van der Waals surface area contributed by atoms with Gasteiger partial charge in [0.25, 0.3) is 0 Å². The first kappa shape index (κ1) is 11.4. The molecular formula is C12H22O3. The van der Waals surface area contributed by atoms with Crippen molar-refractivity contribution in [2.45, 2.75) is 63.9 Å². The van der Waals surface area contributed by atoms with E-state index in [1.54, 1.807) is 0 Å². The summed E-state index contributed by atoms with van der Waals surface area (Å²) < 4.78 is 16.9. The van der Waals surface area contributed by atoms with Gasteiger partial charge in [0.1, 0.15) is 0 Å². The van der Waals surface area contributed by atoms with Crippen LogP contribution in [-0.4, -0.2) is 37.6 Å². The van der Waals surface area contributed by atoms with Gasteiger partial charge in [-0.1, -0.05) is 0 Å². The average Bonchev–Trinajstić information content (AvgIpc) is 3.04. The van der Waals surface area contributed by atoms with E-state index in [0.29, 0.717) is 18.8 Å². The Morgan fingerprint density at radius 1 is 0.933 bits per heavy atom. The summed E-state index contributed by atoms with van der Waals surface area (Å²) in [6.07, 6.45) is 6.37. The summed E-state index contributed by atoms with van der Waals surface area (Å²) in [4.78, 5) is 0. The first-order valence-electron chi connectivity index (χ1n) is 6.12. The maximum Gasteiger partial charge on any atom is 0.0784 e. The molecule has 3 heteroatoms. The number of hydrogen-bond acceptors (Lipinski definition) is 3. The number of hydrogen-bond donors (Lipinski definition) is 0. The third-order valence-corrected chi connectivity index (χ3v) is 2.66. The maximum absolute atomic E-state index is 5.68. The van der Waals surface area contributed by atoms with Gasteiger partial charge in [-0.25, -0.2) is 0 Å². The van der Waals surface area contributed by atoms with Crippen molar-refractivity contribution in [3.8, 4) is 0 Å². The minimum absolute atomic E-state index is 0.191. The standard InChI is InChI=1S/C12H22O3/c1-9(7-14-11-3-4-11)13-8-10(2)15-12-5-6-12/h9-12H,3-8H2,1-2H3. The van der Waals surface area contributed by atoms with Crippen molar-refractivity contribution in [2.24, 2.45) is 0 Å². The largest absolute Gasteiger partial charge is 0.376 e. The van der Waals surface area contributed by atoms with Gasteiger partial charge in [-0.15, -0.1) is 0 Å². The van der Waals surface area contributed by atoms with Crippen LogP contribution in [0, 0.1) is 0 Å². The lowest BCUT2D eigenvalue weighted by Gasteiger charge is -2.17. The zero-order valence-corrected chi connectivity index (χ0v) is 9.78. The van der Waals surface area contributed by atoms with E-state index in [4.69, 9.17) is 14.2 Å². The van der Waals surface area contributed by atoms with Crippen LogP contribution >= 0.6 is 0 Å². The number of ether oxygens (including phenoxy) is 3. The van der Waals surface area contributed by atoms with Crippen LogP contribution in [0.5, 0.6) is 0 Å². The van der Waals surface area contributed by atoms with Gasteiger partial charge in [0.05, 0.1) is 37.6 Å². The van der Waals surface area contributed by atoms with Crippen molar-refractivity contribution in [3.63, 3.8) is 0 Å². The van der Waals surface area contributed by atoms with Gasteiger partial charge < -0.3 is 14.2 Å². The Kier molecular flexibility index (Phi) is 4.00. The fourth-order valence-electron chi connectivity index (χ4n) is 1.43. The molecule has 2 atom stereocenters. The van der Waals surface area contributed by atoms with Gasteiger partial charge in [0.2, 0.25) is 0 Å². The summed E-state index contributed by atoms with van der Waals surface area (Å²) in [5, 5.41) is 0. The molecule has 0 aromatic heterocycles. The van der Waals surface area contributed by atoms with Crippen molar-refractivity contribution in [2.75, 3.05) is 13.2 Å². The summed E-state index contributed by atoms with van der Waals surface area (Å²) in [5.41, 5.74) is 0. The van der Waals surface area contributed by atoms with Crippen LogP contribution < -0.4 is 0 Å². The minimum Gasteiger partial charge on any atom is -0.376 e. The van der Waals surface area contributed by atoms with Gasteiger partial charge in [0, 0.05) is 0 Å². The van der Waals surface area contributed by atoms with Crippen LogP contribution in [-0.2, 0) is 14.2 Å². The predicted molar refractivity (Wildman–Crippen MR) is 58.0 cm³/mol. The van der Waals surface area contributed by atoms with Crippen molar-refractivity contribution in [3.05, 3.63) is 0 Å². The highest BCUT2D eigenvalue weighted by molar-refractivity contribution is 4.75. The Morgan fingerprint density at radius 2 is 1.60 bits per heavy atom. The zero-order chi connectivity index (χ0) is 10.7. The molecule has 2 rings (SSSR count). The molecule has 0 amide bonds. The van der Waals surface area contributed by atoms with E-state index < -0.39 is 0 Å². The predicted octanol–water partition coefficient (Wildman–Crippen LogP) is 2.14. The number of rotatable bonds is 8. The van der Waals surface area contributed by atoms with Gasteiger partial charge in [-0.3, -0.25) is 0 Å². The first-order chi connectivity index (χ1) is 7.24. The van der Waals surface area contributed by atoms with Gasteiger partial charge in [0.15, 0.2) is 0 Å². The summed E-state index contributed by atoms with van der Waals surface area (Å²) in [5.74, 6) is 0. The Bertz CT molecular complexity index is 187. The Morgan fingerprint density at radius 3 is 2.20 bits per heavy atom. The van der Waals surface area contributed by atoms with Crippen molar-refractivity contribution in [1.82, 2.24) is 0 Å². The molecule has 2 aliphatic rings. The summed E-state index contributed by atoms with van der Waals surface area (Å²) in [7, 11) is 0. The van der Waals surface area contributed by atoms with E-state index in [-0.39, 0.29) is 12.2 Å². The summed E-state index contributed by atoms with van der Waals surface area (Å²) in [6.45, 7) is 5.55. The van der Waals surface area contributed by atoms with Gasteiger partial charge in [-0.05, 0) is 39.5 Å². The molecule has 3 nitrogen and oxygen atoms in total. The Labute approximate surface area is 92.1 Å². The maximum atomic E-state index is 5.68. The lowest BCUT2D eigenvalue weighted by Crippen LogP contribution is -2.24. The quantitative estimate of drug-likeness (QED) is 0.619. The molecule has 0 saturated heterocycles. The summed E-state index contributed by atoms with van der Waals surface area (Å²) >= 11 is 0. The smallest absolute Gasteiger partial charge is 0.0784 e.